The topological polar surface area (TPSA) is 56.2 Å². The lowest BCUT2D eigenvalue weighted by molar-refractivity contribution is 0.604. The Labute approximate surface area is 98.5 Å². The van der Waals surface area contributed by atoms with Crippen molar-refractivity contribution in [1.29, 1.82) is 0 Å². The van der Waals surface area contributed by atoms with Crippen LogP contribution in [-0.4, -0.2) is 19.9 Å². The summed E-state index contributed by atoms with van der Waals surface area (Å²) in [6.07, 6.45) is 9.30. The third-order valence-electron chi connectivity index (χ3n) is 3.19. The fraction of sp³-hybridized carbons (Fsp3) is 0.455. The minimum Gasteiger partial charge on any atom is -0.325 e. The van der Waals surface area contributed by atoms with Gasteiger partial charge in [0.15, 0.2) is 5.65 Å². The van der Waals surface area contributed by atoms with E-state index < -0.39 is 0 Å². The lowest BCUT2D eigenvalue weighted by atomic mass is 10.1. The molecule has 2 heterocycles. The zero-order valence-electron chi connectivity index (χ0n) is 8.86. The molecule has 3 rings (SSSR count). The number of aryl methyl sites for hydroxylation is 1. The van der Waals surface area contributed by atoms with Crippen LogP contribution in [0.25, 0.3) is 5.65 Å². The molecule has 5 heteroatoms. The molecule has 2 aromatic heterocycles. The third kappa shape index (κ3) is 1.68. The van der Waals surface area contributed by atoms with Gasteiger partial charge in [0.25, 0.3) is 0 Å². The minimum atomic E-state index is 0.0530. The third-order valence-corrected chi connectivity index (χ3v) is 3.59. The highest BCUT2D eigenvalue weighted by atomic mass is 35.5. The van der Waals surface area contributed by atoms with Gasteiger partial charge in [-0.25, -0.2) is 4.98 Å². The maximum Gasteiger partial charge on any atom is 0.156 e. The number of nitrogens with two attached hydrogens (primary N) is 1. The first-order chi connectivity index (χ1) is 7.68. The molecule has 0 aliphatic heterocycles. The molecule has 84 valence electrons. The summed E-state index contributed by atoms with van der Waals surface area (Å²) >= 11 is 6.24. The summed E-state index contributed by atoms with van der Waals surface area (Å²) in [5, 5.41) is 0.682. The number of nitrogens with zero attached hydrogens (tertiary/aromatic N) is 3. The van der Waals surface area contributed by atoms with E-state index in [0.717, 1.165) is 37.0 Å². The molecule has 0 saturated heterocycles. The van der Waals surface area contributed by atoms with Crippen molar-refractivity contribution in [3.05, 3.63) is 29.4 Å². The van der Waals surface area contributed by atoms with Gasteiger partial charge in [0.05, 0.1) is 11.9 Å². The molecule has 0 spiro atoms. The van der Waals surface area contributed by atoms with E-state index in [9.17, 15) is 0 Å². The van der Waals surface area contributed by atoms with Crippen molar-refractivity contribution in [1.82, 2.24) is 14.4 Å². The molecule has 0 unspecified atom stereocenters. The van der Waals surface area contributed by atoms with Gasteiger partial charge in [-0.3, -0.25) is 9.38 Å². The van der Waals surface area contributed by atoms with Gasteiger partial charge in [-0.2, -0.15) is 0 Å². The molecule has 0 bridgehead atoms. The van der Waals surface area contributed by atoms with Crippen molar-refractivity contribution >= 4 is 17.2 Å². The summed E-state index contributed by atoms with van der Waals surface area (Å²) < 4.78 is 1.85. The Morgan fingerprint density at radius 1 is 1.50 bits per heavy atom. The van der Waals surface area contributed by atoms with Crippen LogP contribution in [0, 0.1) is 0 Å². The Morgan fingerprint density at radius 3 is 3.00 bits per heavy atom. The summed E-state index contributed by atoms with van der Waals surface area (Å²) in [5.74, 6) is 0. The van der Waals surface area contributed by atoms with Gasteiger partial charge in [-0.15, -0.1) is 0 Å². The molecule has 1 saturated carbocycles. The second-order valence-corrected chi connectivity index (χ2v) is 4.87. The monoisotopic (exact) mass is 236 g/mol. The number of halogens is 1. The number of hydrogen-bond acceptors (Lipinski definition) is 3. The average Bonchev–Trinajstić information content (AvgIpc) is 2.94. The van der Waals surface area contributed by atoms with Crippen molar-refractivity contribution in [3.8, 4) is 0 Å². The molecule has 2 N–H and O–H groups in total. The van der Waals surface area contributed by atoms with Crippen molar-refractivity contribution in [3.63, 3.8) is 0 Å². The zero-order chi connectivity index (χ0) is 11.2. The van der Waals surface area contributed by atoms with Gasteiger partial charge in [-0.1, -0.05) is 11.6 Å². The second-order valence-electron chi connectivity index (χ2n) is 4.52. The summed E-state index contributed by atoms with van der Waals surface area (Å²) in [6.45, 7) is 0. The SMILES string of the molecule is NC1(CCc2nc3cnccn3c2Cl)CC1. The Morgan fingerprint density at radius 2 is 2.31 bits per heavy atom. The van der Waals surface area contributed by atoms with Crippen LogP contribution in [0.1, 0.15) is 25.0 Å². The molecule has 0 amide bonds. The zero-order valence-corrected chi connectivity index (χ0v) is 9.61. The molecule has 1 fully saturated rings. The lowest BCUT2D eigenvalue weighted by Crippen LogP contribution is -2.22. The maximum atomic E-state index is 6.24. The highest BCUT2D eigenvalue weighted by molar-refractivity contribution is 6.30. The highest BCUT2D eigenvalue weighted by Crippen LogP contribution is 2.37. The van der Waals surface area contributed by atoms with Crippen molar-refractivity contribution in [2.75, 3.05) is 0 Å². The van der Waals surface area contributed by atoms with E-state index in [2.05, 4.69) is 9.97 Å². The quantitative estimate of drug-likeness (QED) is 0.884. The largest absolute Gasteiger partial charge is 0.325 e. The number of rotatable bonds is 3. The lowest BCUT2D eigenvalue weighted by Gasteiger charge is -2.05. The van der Waals surface area contributed by atoms with Gasteiger partial charge in [-0.05, 0) is 25.7 Å². The molecule has 0 atom stereocenters. The first-order valence-electron chi connectivity index (χ1n) is 5.43. The number of hydrogen-bond donors (Lipinski definition) is 1. The fourth-order valence-corrected chi connectivity index (χ4v) is 2.14. The van der Waals surface area contributed by atoms with Crippen molar-refractivity contribution in [2.45, 2.75) is 31.2 Å². The summed E-state index contributed by atoms with van der Waals surface area (Å²) in [7, 11) is 0. The van der Waals surface area contributed by atoms with Gasteiger partial charge in [0, 0.05) is 17.9 Å². The van der Waals surface area contributed by atoms with Gasteiger partial charge in [0.2, 0.25) is 0 Å². The number of aromatic nitrogens is 3. The van der Waals surface area contributed by atoms with E-state index in [1.807, 2.05) is 10.6 Å². The molecule has 1 aliphatic rings. The predicted molar refractivity (Wildman–Crippen MR) is 62.5 cm³/mol. The van der Waals surface area contributed by atoms with E-state index in [-0.39, 0.29) is 5.54 Å². The van der Waals surface area contributed by atoms with E-state index in [1.54, 1.807) is 12.4 Å². The van der Waals surface area contributed by atoms with Crippen molar-refractivity contribution in [2.24, 2.45) is 5.73 Å². The van der Waals surface area contributed by atoms with E-state index in [4.69, 9.17) is 17.3 Å². The molecule has 4 nitrogen and oxygen atoms in total. The fourth-order valence-electron chi connectivity index (χ4n) is 1.86. The first-order valence-corrected chi connectivity index (χ1v) is 5.81. The molecular weight excluding hydrogens is 224 g/mol. The second kappa shape index (κ2) is 3.43. The summed E-state index contributed by atoms with van der Waals surface area (Å²) in [6, 6.07) is 0. The summed E-state index contributed by atoms with van der Waals surface area (Å²) in [4.78, 5) is 8.48. The highest BCUT2D eigenvalue weighted by Gasteiger charge is 2.37. The van der Waals surface area contributed by atoms with Crippen LogP contribution in [0.5, 0.6) is 0 Å². The van der Waals surface area contributed by atoms with Gasteiger partial charge >= 0.3 is 0 Å². The van der Waals surface area contributed by atoms with Crippen molar-refractivity contribution < 1.29 is 0 Å². The first kappa shape index (κ1) is 10.1. The molecule has 2 aromatic rings. The van der Waals surface area contributed by atoms with Gasteiger partial charge < -0.3 is 5.73 Å². The molecule has 0 radical (unpaired) electrons. The van der Waals surface area contributed by atoms with Gasteiger partial charge in [0.1, 0.15) is 5.15 Å². The molecule has 1 aliphatic carbocycles. The van der Waals surface area contributed by atoms with Crippen LogP contribution in [-0.2, 0) is 6.42 Å². The average molecular weight is 237 g/mol. The standard InChI is InChI=1S/C11H13ClN4/c12-10-8(1-2-11(13)3-4-11)15-9-7-14-5-6-16(9)10/h5-7H,1-4,13H2. The molecular formula is C11H13ClN4. The molecule has 0 aromatic carbocycles. The normalized spacial score (nSPS) is 17.9. The van der Waals surface area contributed by atoms with Crippen LogP contribution in [0.3, 0.4) is 0 Å². The van der Waals surface area contributed by atoms with Crippen LogP contribution in [0.4, 0.5) is 0 Å². The number of imidazole rings is 1. The maximum absolute atomic E-state index is 6.24. The number of fused-ring (bicyclic) bond motifs is 1. The molecule has 16 heavy (non-hydrogen) atoms. The van der Waals surface area contributed by atoms with Crippen LogP contribution in [0.2, 0.25) is 5.15 Å². The van der Waals surface area contributed by atoms with Crippen LogP contribution < -0.4 is 5.73 Å². The summed E-state index contributed by atoms with van der Waals surface area (Å²) in [5.41, 5.74) is 7.82. The van der Waals surface area contributed by atoms with E-state index in [1.165, 1.54) is 0 Å². The van der Waals surface area contributed by atoms with Crippen LogP contribution >= 0.6 is 11.6 Å². The van der Waals surface area contributed by atoms with Crippen LogP contribution in [0.15, 0.2) is 18.6 Å². The van der Waals surface area contributed by atoms with E-state index in [0.29, 0.717) is 5.15 Å². The Hall–Kier alpha value is -1.13. The predicted octanol–water partition coefficient (Wildman–Crippen LogP) is 1.81. The smallest absolute Gasteiger partial charge is 0.156 e. The minimum absolute atomic E-state index is 0.0530. The Balaban J connectivity index is 1.88. The van der Waals surface area contributed by atoms with E-state index >= 15 is 0 Å². The Kier molecular flexibility index (Phi) is 2.16. The Bertz CT molecular complexity index is 530.